The van der Waals surface area contributed by atoms with Crippen molar-refractivity contribution in [2.75, 3.05) is 40.5 Å². The maximum Gasteiger partial charge on any atom is 0.407 e. The molecule has 3 rings (SSSR count). The molecule has 0 saturated carbocycles. The van der Waals surface area contributed by atoms with Gasteiger partial charge in [0.25, 0.3) is 0 Å². The Bertz CT molecular complexity index is 1010. The summed E-state index contributed by atoms with van der Waals surface area (Å²) in [4.78, 5) is 31.7. The van der Waals surface area contributed by atoms with E-state index in [4.69, 9.17) is 14.5 Å². The molecule has 1 fully saturated rings. The van der Waals surface area contributed by atoms with Crippen molar-refractivity contribution >= 4 is 22.9 Å². The molecule has 0 aliphatic carbocycles. The summed E-state index contributed by atoms with van der Waals surface area (Å²) in [5.74, 6) is -0.0570. The number of aryl methyl sites for hydroxylation is 1. The normalized spacial score (nSPS) is 20.1. The van der Waals surface area contributed by atoms with Gasteiger partial charge in [0, 0.05) is 52.4 Å². The van der Waals surface area contributed by atoms with Crippen LogP contribution in [0.1, 0.15) is 43.7 Å². The highest BCUT2D eigenvalue weighted by Gasteiger charge is 2.37. The first-order valence-corrected chi connectivity index (χ1v) is 12.7. The molecule has 4 atom stereocenters. The van der Waals surface area contributed by atoms with E-state index in [1.165, 1.54) is 12.0 Å². The van der Waals surface area contributed by atoms with Crippen molar-refractivity contribution in [2.45, 2.75) is 57.8 Å². The molecule has 1 aliphatic heterocycles. The second kappa shape index (κ2) is 13.1. The average molecular weight is 505 g/mol. The maximum atomic E-state index is 13.9. The number of ketones is 1. The van der Waals surface area contributed by atoms with Crippen molar-refractivity contribution in [3.05, 3.63) is 30.1 Å². The summed E-state index contributed by atoms with van der Waals surface area (Å²) in [5, 5.41) is 23.6. The summed E-state index contributed by atoms with van der Waals surface area (Å²) < 4.78 is 12.2. The second-order valence-corrected chi connectivity index (χ2v) is 9.93. The monoisotopic (exact) mass is 504 g/mol. The molecule has 1 amide bonds. The summed E-state index contributed by atoms with van der Waals surface area (Å²) in [5.41, 5.74) is 1.69. The number of aliphatic hydroxyl groups excluding tert-OH is 1. The minimum atomic E-state index is -1.04. The van der Waals surface area contributed by atoms with E-state index in [0.29, 0.717) is 25.4 Å². The minimum absolute atomic E-state index is 0.0539. The molecular weight excluding hydrogens is 464 g/mol. The van der Waals surface area contributed by atoms with Crippen LogP contribution in [0.15, 0.2) is 24.3 Å². The third kappa shape index (κ3) is 6.82. The number of carboxylic acid groups (broad SMARTS) is 1. The number of amides is 1. The largest absolute Gasteiger partial charge is 0.465 e. The van der Waals surface area contributed by atoms with E-state index in [2.05, 4.69) is 5.32 Å². The number of nitrogens with one attached hydrogen (secondary N) is 1. The minimum Gasteiger partial charge on any atom is -0.465 e. The fraction of sp³-hybridized carbons (Fsp3) is 0.654. The average Bonchev–Trinajstić information content (AvgIpc) is 3.23. The van der Waals surface area contributed by atoms with Gasteiger partial charge >= 0.3 is 6.09 Å². The predicted molar refractivity (Wildman–Crippen MR) is 136 cm³/mol. The number of imidazole rings is 1. The number of aromatic nitrogens is 2. The summed E-state index contributed by atoms with van der Waals surface area (Å²) in [7, 11) is 3.18. The number of aliphatic hydroxyl groups is 1. The number of carbonyl (C=O) groups is 2. The number of hydrogen-bond acceptors (Lipinski definition) is 7. The highest BCUT2D eigenvalue weighted by atomic mass is 16.5. The lowest BCUT2D eigenvalue weighted by Gasteiger charge is -2.40. The first kappa shape index (κ1) is 28.0. The van der Waals surface area contributed by atoms with E-state index in [9.17, 15) is 19.8 Å². The van der Waals surface area contributed by atoms with E-state index in [0.717, 1.165) is 23.9 Å². The van der Waals surface area contributed by atoms with Crippen LogP contribution in [0.2, 0.25) is 0 Å². The van der Waals surface area contributed by atoms with Gasteiger partial charge in [0.2, 0.25) is 5.78 Å². The number of para-hydroxylation sites is 2. The van der Waals surface area contributed by atoms with Crippen molar-refractivity contribution < 1.29 is 29.3 Å². The summed E-state index contributed by atoms with van der Waals surface area (Å²) >= 11 is 0. The highest BCUT2D eigenvalue weighted by Crippen LogP contribution is 2.24. The quantitative estimate of drug-likeness (QED) is 0.281. The lowest BCUT2D eigenvalue weighted by molar-refractivity contribution is -0.00734. The summed E-state index contributed by atoms with van der Waals surface area (Å²) in [6, 6.07) is 6.88. The Kier molecular flexibility index (Phi) is 10.2. The molecule has 1 aromatic carbocycles. The van der Waals surface area contributed by atoms with Crippen molar-refractivity contribution in [2.24, 2.45) is 11.8 Å². The molecule has 200 valence electrons. The van der Waals surface area contributed by atoms with Crippen LogP contribution < -0.4 is 5.32 Å². The number of carbonyl (C=O) groups excluding carboxylic acids is 1. The fourth-order valence-corrected chi connectivity index (χ4v) is 4.97. The number of rotatable bonds is 13. The van der Waals surface area contributed by atoms with Gasteiger partial charge in [0.1, 0.15) is 0 Å². The van der Waals surface area contributed by atoms with Crippen LogP contribution in [0.25, 0.3) is 11.0 Å². The zero-order valence-corrected chi connectivity index (χ0v) is 21.7. The maximum absolute atomic E-state index is 13.9. The number of unbranched alkanes of at least 4 members (excludes halogenated alkanes) is 1. The molecular formula is C26H40N4O6. The molecule has 10 nitrogen and oxygen atoms in total. The molecule has 3 N–H and O–H groups in total. The van der Waals surface area contributed by atoms with Crippen molar-refractivity contribution in [1.29, 1.82) is 0 Å². The van der Waals surface area contributed by atoms with Gasteiger partial charge in [0.05, 0.1) is 29.8 Å². The van der Waals surface area contributed by atoms with Gasteiger partial charge in [-0.3, -0.25) is 4.79 Å². The molecule has 1 aromatic heterocycles. The van der Waals surface area contributed by atoms with Crippen LogP contribution in [-0.4, -0.2) is 95.3 Å². The van der Waals surface area contributed by atoms with Gasteiger partial charge in [-0.15, -0.1) is 0 Å². The zero-order valence-electron chi connectivity index (χ0n) is 21.7. The van der Waals surface area contributed by atoms with Gasteiger partial charge in [-0.2, -0.15) is 0 Å². The lowest BCUT2D eigenvalue weighted by atomic mass is 9.88. The Balaban J connectivity index is 1.85. The summed E-state index contributed by atoms with van der Waals surface area (Å²) in [6.07, 6.45) is 0.440. The Labute approximate surface area is 212 Å². The number of benzene rings is 1. The predicted octanol–water partition coefficient (Wildman–Crippen LogP) is 2.64. The second-order valence-electron chi connectivity index (χ2n) is 9.93. The number of likely N-dealkylation sites (tertiary alicyclic amines) is 1. The molecule has 2 heterocycles. The first-order valence-electron chi connectivity index (χ1n) is 12.7. The molecule has 2 aromatic rings. The Morgan fingerprint density at radius 1 is 1.17 bits per heavy atom. The zero-order chi connectivity index (χ0) is 26.2. The first-order chi connectivity index (χ1) is 17.3. The van der Waals surface area contributed by atoms with Crippen LogP contribution in [0, 0.1) is 11.8 Å². The van der Waals surface area contributed by atoms with Crippen LogP contribution >= 0.6 is 0 Å². The van der Waals surface area contributed by atoms with Crippen molar-refractivity contribution in [3.8, 4) is 0 Å². The van der Waals surface area contributed by atoms with Crippen molar-refractivity contribution in [1.82, 2.24) is 19.8 Å². The Morgan fingerprint density at radius 3 is 2.58 bits per heavy atom. The lowest BCUT2D eigenvalue weighted by Crippen LogP contribution is -2.57. The Hall–Kier alpha value is -2.53. The van der Waals surface area contributed by atoms with Crippen LogP contribution in [0.5, 0.6) is 0 Å². The molecule has 0 bridgehead atoms. The third-order valence-corrected chi connectivity index (χ3v) is 6.85. The molecule has 36 heavy (non-hydrogen) atoms. The van der Waals surface area contributed by atoms with Gasteiger partial charge in [0.15, 0.2) is 5.82 Å². The van der Waals surface area contributed by atoms with E-state index < -0.39 is 18.2 Å². The molecule has 1 saturated heterocycles. The van der Waals surface area contributed by atoms with Crippen LogP contribution in [0.3, 0.4) is 0 Å². The standard InChI is InChI=1S/C26H40N4O6/c1-17(2)23(27-19-13-18(22(31)16-36-4)14-29(15-19)26(33)34)24(32)25-28-20-9-5-6-10-21(20)30(25)11-7-8-12-35-3/h5-6,9-10,17-19,22-23,27,31H,7-8,11-16H2,1-4H3,(H,33,34)/t18?,19-,22?,23?/m0/s1. The van der Waals surface area contributed by atoms with Gasteiger partial charge in [-0.05, 0) is 37.3 Å². The molecule has 3 unspecified atom stereocenters. The highest BCUT2D eigenvalue weighted by molar-refractivity contribution is 6.00. The topological polar surface area (TPSA) is 126 Å². The summed E-state index contributed by atoms with van der Waals surface area (Å²) in [6.45, 7) is 5.85. The number of nitrogens with zero attached hydrogens (tertiary/aromatic N) is 3. The third-order valence-electron chi connectivity index (χ3n) is 6.85. The van der Waals surface area contributed by atoms with E-state index in [1.807, 2.05) is 42.7 Å². The number of fused-ring (bicyclic) bond motifs is 1. The number of Topliss-reactive ketones (excluding diaryl/α,β-unsaturated/α-hetero) is 1. The number of methoxy groups -OCH3 is 2. The van der Waals surface area contributed by atoms with E-state index in [-0.39, 0.29) is 43.4 Å². The van der Waals surface area contributed by atoms with Gasteiger partial charge < -0.3 is 34.5 Å². The smallest absolute Gasteiger partial charge is 0.407 e. The number of hydrogen-bond donors (Lipinski definition) is 3. The van der Waals surface area contributed by atoms with Crippen LogP contribution in [-0.2, 0) is 16.0 Å². The fourth-order valence-electron chi connectivity index (χ4n) is 4.97. The van der Waals surface area contributed by atoms with E-state index >= 15 is 0 Å². The van der Waals surface area contributed by atoms with Crippen molar-refractivity contribution in [3.63, 3.8) is 0 Å². The number of ether oxygens (including phenoxy) is 2. The molecule has 0 radical (unpaired) electrons. The Morgan fingerprint density at radius 2 is 1.92 bits per heavy atom. The molecule has 1 aliphatic rings. The van der Waals surface area contributed by atoms with Gasteiger partial charge in [-0.25, -0.2) is 9.78 Å². The number of piperidine rings is 1. The molecule has 10 heteroatoms. The SMILES string of the molecule is COCCCCn1c(C(=O)C(N[C@H]2CC(C(O)COC)CN(C(=O)O)C2)C(C)C)nc2ccccc21. The molecule has 0 spiro atoms. The van der Waals surface area contributed by atoms with E-state index in [1.54, 1.807) is 7.11 Å². The van der Waals surface area contributed by atoms with Gasteiger partial charge in [-0.1, -0.05) is 26.0 Å². The van der Waals surface area contributed by atoms with Crippen LogP contribution in [0.4, 0.5) is 4.79 Å².